The van der Waals surface area contributed by atoms with Crippen molar-refractivity contribution in [3.8, 4) is 0 Å². The Bertz CT molecular complexity index is 448. The Kier molecular flexibility index (Phi) is 3.69. The highest BCUT2D eigenvalue weighted by Crippen LogP contribution is 2.31. The number of carboxylic acid groups (broad SMARTS) is 1. The number of aromatic nitrogens is 1. The Morgan fingerprint density at radius 3 is 2.94 bits per heavy atom. The van der Waals surface area contributed by atoms with Crippen LogP contribution in [0.25, 0.3) is 0 Å². The van der Waals surface area contributed by atoms with Gasteiger partial charge in [-0.15, -0.1) is 0 Å². The second-order valence-corrected chi connectivity index (χ2v) is 4.99. The first-order chi connectivity index (χ1) is 8.58. The summed E-state index contributed by atoms with van der Waals surface area (Å²) >= 11 is 0. The molecule has 1 aliphatic rings. The zero-order valence-corrected chi connectivity index (χ0v) is 10.5. The molecule has 2 atom stereocenters. The van der Waals surface area contributed by atoms with Crippen LogP contribution in [0.5, 0.6) is 0 Å². The molecule has 2 unspecified atom stereocenters. The number of aromatic carboxylic acids is 1. The van der Waals surface area contributed by atoms with E-state index in [1.165, 1.54) is 25.3 Å². The lowest BCUT2D eigenvalue weighted by molar-refractivity contribution is 0.0690. The van der Waals surface area contributed by atoms with Crippen molar-refractivity contribution in [3.63, 3.8) is 0 Å². The molecular weight excluding hydrogens is 230 g/mol. The van der Waals surface area contributed by atoms with Crippen molar-refractivity contribution in [1.82, 2.24) is 4.98 Å². The zero-order chi connectivity index (χ0) is 13.1. The summed E-state index contributed by atoms with van der Waals surface area (Å²) in [5.41, 5.74) is 6.30. The summed E-state index contributed by atoms with van der Waals surface area (Å²) in [5, 5.41) is 12.1. The molecule has 0 amide bonds. The van der Waals surface area contributed by atoms with Crippen LogP contribution in [0.15, 0.2) is 12.1 Å². The first kappa shape index (κ1) is 12.7. The predicted molar refractivity (Wildman–Crippen MR) is 70.6 cm³/mol. The SMILES string of the molecule is CC1CCCC1CNc1nc(C(=O)O)ccc1N. The average molecular weight is 249 g/mol. The van der Waals surface area contributed by atoms with Gasteiger partial charge >= 0.3 is 5.97 Å². The smallest absolute Gasteiger partial charge is 0.354 e. The molecular formula is C13H19N3O2. The maximum absolute atomic E-state index is 10.8. The number of rotatable bonds is 4. The van der Waals surface area contributed by atoms with Crippen LogP contribution in [0, 0.1) is 11.8 Å². The minimum atomic E-state index is -1.03. The van der Waals surface area contributed by atoms with Crippen LogP contribution < -0.4 is 11.1 Å². The predicted octanol–water partition coefficient (Wildman–Crippen LogP) is 2.21. The third-order valence-electron chi connectivity index (χ3n) is 3.72. The van der Waals surface area contributed by atoms with E-state index in [2.05, 4.69) is 17.2 Å². The lowest BCUT2D eigenvalue weighted by Gasteiger charge is -2.17. The number of nitrogens with one attached hydrogen (secondary N) is 1. The quantitative estimate of drug-likeness (QED) is 0.761. The van der Waals surface area contributed by atoms with Gasteiger partial charge in [-0.25, -0.2) is 9.78 Å². The van der Waals surface area contributed by atoms with Gasteiger partial charge in [-0.3, -0.25) is 0 Å². The highest BCUT2D eigenvalue weighted by molar-refractivity contribution is 5.86. The van der Waals surface area contributed by atoms with Crippen molar-refractivity contribution in [2.75, 3.05) is 17.6 Å². The topological polar surface area (TPSA) is 88.2 Å². The minimum absolute atomic E-state index is 0.0196. The minimum Gasteiger partial charge on any atom is -0.477 e. The lowest BCUT2D eigenvalue weighted by Crippen LogP contribution is -2.18. The molecule has 1 aliphatic carbocycles. The number of carboxylic acids is 1. The Morgan fingerprint density at radius 2 is 2.33 bits per heavy atom. The number of nitrogen functional groups attached to an aromatic ring is 1. The number of hydrogen-bond acceptors (Lipinski definition) is 4. The van der Waals surface area contributed by atoms with Gasteiger partial charge < -0.3 is 16.2 Å². The van der Waals surface area contributed by atoms with Gasteiger partial charge in [-0.2, -0.15) is 0 Å². The van der Waals surface area contributed by atoms with Gasteiger partial charge in [0.2, 0.25) is 0 Å². The van der Waals surface area contributed by atoms with E-state index in [1.54, 1.807) is 6.07 Å². The fourth-order valence-corrected chi connectivity index (χ4v) is 2.48. The Labute approximate surface area is 106 Å². The standard InChI is InChI=1S/C13H19N3O2/c1-8-3-2-4-9(8)7-15-12-10(14)5-6-11(16-12)13(17)18/h5-6,8-9H,2-4,7,14H2,1H3,(H,15,16)(H,17,18). The molecule has 4 N–H and O–H groups in total. The molecule has 0 radical (unpaired) electrons. The van der Waals surface area contributed by atoms with Crippen molar-refractivity contribution in [3.05, 3.63) is 17.8 Å². The van der Waals surface area contributed by atoms with E-state index < -0.39 is 5.97 Å². The Hall–Kier alpha value is -1.78. The van der Waals surface area contributed by atoms with Gasteiger partial charge in [0.1, 0.15) is 5.82 Å². The van der Waals surface area contributed by atoms with E-state index in [9.17, 15) is 4.79 Å². The highest BCUT2D eigenvalue weighted by atomic mass is 16.4. The molecule has 0 spiro atoms. The van der Waals surface area contributed by atoms with Crippen LogP contribution in [-0.4, -0.2) is 22.6 Å². The summed E-state index contributed by atoms with van der Waals surface area (Å²) in [7, 11) is 0. The summed E-state index contributed by atoms with van der Waals surface area (Å²) in [6.45, 7) is 3.06. The van der Waals surface area contributed by atoms with E-state index in [-0.39, 0.29) is 5.69 Å². The number of hydrogen-bond donors (Lipinski definition) is 3. The molecule has 0 aliphatic heterocycles. The molecule has 0 saturated heterocycles. The number of pyridine rings is 1. The fraction of sp³-hybridized carbons (Fsp3) is 0.538. The summed E-state index contributed by atoms with van der Waals surface area (Å²) in [5.74, 6) is 0.780. The van der Waals surface area contributed by atoms with E-state index >= 15 is 0 Å². The monoisotopic (exact) mass is 249 g/mol. The van der Waals surface area contributed by atoms with Gasteiger partial charge in [0, 0.05) is 6.54 Å². The zero-order valence-electron chi connectivity index (χ0n) is 10.5. The maximum Gasteiger partial charge on any atom is 0.354 e. The molecule has 1 fully saturated rings. The largest absolute Gasteiger partial charge is 0.477 e. The van der Waals surface area contributed by atoms with E-state index in [0.717, 1.165) is 6.54 Å². The van der Waals surface area contributed by atoms with Crippen molar-refractivity contribution in [2.45, 2.75) is 26.2 Å². The van der Waals surface area contributed by atoms with Gasteiger partial charge in [0.05, 0.1) is 5.69 Å². The Balaban J connectivity index is 2.04. The molecule has 0 bridgehead atoms. The highest BCUT2D eigenvalue weighted by Gasteiger charge is 2.23. The second-order valence-electron chi connectivity index (χ2n) is 4.99. The number of nitrogens with zero attached hydrogens (tertiary/aromatic N) is 1. The molecule has 1 heterocycles. The summed E-state index contributed by atoms with van der Waals surface area (Å²) in [4.78, 5) is 14.9. The van der Waals surface area contributed by atoms with Crippen LogP contribution in [0.2, 0.25) is 0 Å². The Morgan fingerprint density at radius 1 is 1.56 bits per heavy atom. The van der Waals surface area contributed by atoms with Crippen LogP contribution >= 0.6 is 0 Å². The summed E-state index contributed by atoms with van der Waals surface area (Å²) < 4.78 is 0. The van der Waals surface area contributed by atoms with Crippen LogP contribution in [0.3, 0.4) is 0 Å². The van der Waals surface area contributed by atoms with Crippen molar-refractivity contribution >= 4 is 17.5 Å². The molecule has 18 heavy (non-hydrogen) atoms. The molecule has 1 aromatic rings. The molecule has 1 saturated carbocycles. The molecule has 2 rings (SSSR count). The molecule has 1 aromatic heterocycles. The lowest BCUT2D eigenvalue weighted by atomic mass is 9.98. The first-order valence-corrected chi connectivity index (χ1v) is 6.31. The molecule has 0 aromatic carbocycles. The van der Waals surface area contributed by atoms with Crippen molar-refractivity contribution in [1.29, 1.82) is 0 Å². The molecule has 5 heteroatoms. The number of anilines is 2. The third-order valence-corrected chi connectivity index (χ3v) is 3.72. The van der Waals surface area contributed by atoms with Crippen LogP contribution in [0.1, 0.15) is 36.7 Å². The van der Waals surface area contributed by atoms with E-state index in [1.807, 2.05) is 0 Å². The van der Waals surface area contributed by atoms with E-state index in [4.69, 9.17) is 10.8 Å². The van der Waals surface area contributed by atoms with Gasteiger partial charge in [0.15, 0.2) is 5.69 Å². The van der Waals surface area contributed by atoms with Crippen molar-refractivity contribution in [2.24, 2.45) is 11.8 Å². The molecule has 98 valence electrons. The van der Waals surface area contributed by atoms with E-state index in [0.29, 0.717) is 23.3 Å². The first-order valence-electron chi connectivity index (χ1n) is 6.31. The fourth-order valence-electron chi connectivity index (χ4n) is 2.48. The summed E-state index contributed by atoms with van der Waals surface area (Å²) in [6, 6.07) is 3.00. The maximum atomic E-state index is 10.8. The summed E-state index contributed by atoms with van der Waals surface area (Å²) in [6.07, 6.45) is 3.75. The second kappa shape index (κ2) is 5.25. The van der Waals surface area contributed by atoms with Crippen molar-refractivity contribution < 1.29 is 9.90 Å². The van der Waals surface area contributed by atoms with Gasteiger partial charge in [-0.1, -0.05) is 19.8 Å². The number of nitrogens with two attached hydrogens (primary N) is 1. The van der Waals surface area contributed by atoms with Crippen LogP contribution in [-0.2, 0) is 0 Å². The average Bonchev–Trinajstić information content (AvgIpc) is 2.73. The third kappa shape index (κ3) is 2.72. The number of carbonyl (C=O) groups is 1. The van der Waals surface area contributed by atoms with Gasteiger partial charge in [0.25, 0.3) is 0 Å². The molecule has 5 nitrogen and oxygen atoms in total. The van der Waals surface area contributed by atoms with Gasteiger partial charge in [-0.05, 0) is 30.4 Å². The normalized spacial score (nSPS) is 22.9. The van der Waals surface area contributed by atoms with Crippen LogP contribution in [0.4, 0.5) is 11.5 Å².